The van der Waals surface area contributed by atoms with Gasteiger partial charge in [0.1, 0.15) is 0 Å². The Morgan fingerprint density at radius 1 is 1.14 bits per heavy atom. The molecule has 0 radical (unpaired) electrons. The summed E-state index contributed by atoms with van der Waals surface area (Å²) in [5.41, 5.74) is 1.28. The number of likely N-dealkylation sites (N-methyl/N-ethyl adjacent to an activating group) is 1. The first-order valence-electron chi connectivity index (χ1n) is 7.18. The van der Waals surface area contributed by atoms with Gasteiger partial charge in [0.05, 0.1) is 11.5 Å². The van der Waals surface area contributed by atoms with Crippen LogP contribution in [0.25, 0.3) is 0 Å². The van der Waals surface area contributed by atoms with Gasteiger partial charge in [-0.1, -0.05) is 19.1 Å². The molecule has 21 heavy (non-hydrogen) atoms. The van der Waals surface area contributed by atoms with Gasteiger partial charge in [-0.2, -0.15) is 4.31 Å². The molecule has 0 unspecified atom stereocenters. The minimum absolute atomic E-state index is 0.152. The van der Waals surface area contributed by atoms with E-state index in [9.17, 15) is 13.5 Å². The molecule has 0 atom stereocenters. The Morgan fingerprint density at radius 3 is 2.33 bits per heavy atom. The maximum absolute atomic E-state index is 12.8. The molecule has 0 spiro atoms. The van der Waals surface area contributed by atoms with Crippen molar-refractivity contribution in [3.05, 3.63) is 29.3 Å². The Hall–Kier alpha value is -0.950. The van der Waals surface area contributed by atoms with Gasteiger partial charge in [0.2, 0.25) is 10.0 Å². The molecular formula is C15H26N2O3S. The number of sulfonamides is 1. The SMILES string of the molecule is CCCN(CCN(C)C)S(=O)(=O)c1cccc(CO)c1C. The standard InChI is InChI=1S/C15H26N2O3S/c1-5-9-17(11-10-16(3)4)21(19,20)15-8-6-7-14(12-18)13(15)2/h6-8,18H,5,9-12H2,1-4H3. The van der Waals surface area contributed by atoms with Gasteiger partial charge in [-0.3, -0.25) is 0 Å². The van der Waals surface area contributed by atoms with Gasteiger partial charge in [0.25, 0.3) is 0 Å². The minimum Gasteiger partial charge on any atom is -0.392 e. The Bertz CT molecular complexity index is 556. The molecule has 120 valence electrons. The van der Waals surface area contributed by atoms with Crippen LogP contribution < -0.4 is 0 Å². The molecule has 0 aliphatic carbocycles. The number of benzene rings is 1. The molecule has 0 saturated carbocycles. The zero-order valence-corrected chi connectivity index (χ0v) is 14.2. The second-order valence-electron chi connectivity index (χ2n) is 5.41. The highest BCUT2D eigenvalue weighted by molar-refractivity contribution is 7.89. The summed E-state index contributed by atoms with van der Waals surface area (Å²) >= 11 is 0. The quantitative estimate of drug-likeness (QED) is 0.789. The third-order valence-electron chi connectivity index (χ3n) is 3.45. The molecule has 1 rings (SSSR count). The van der Waals surface area contributed by atoms with Crippen molar-refractivity contribution >= 4 is 10.0 Å². The Balaban J connectivity index is 3.16. The number of hydrogen-bond donors (Lipinski definition) is 1. The van der Waals surface area contributed by atoms with E-state index in [1.54, 1.807) is 25.1 Å². The molecule has 1 aromatic carbocycles. The van der Waals surface area contributed by atoms with Gasteiger partial charge in [0, 0.05) is 19.6 Å². The first-order valence-corrected chi connectivity index (χ1v) is 8.62. The Labute approximate surface area is 128 Å². The molecule has 0 aromatic heterocycles. The highest BCUT2D eigenvalue weighted by Crippen LogP contribution is 2.23. The first kappa shape index (κ1) is 18.1. The van der Waals surface area contributed by atoms with Crippen LogP contribution in [0.3, 0.4) is 0 Å². The average molecular weight is 314 g/mol. The summed E-state index contributed by atoms with van der Waals surface area (Å²) in [5, 5.41) is 9.31. The number of aliphatic hydroxyl groups excluding tert-OH is 1. The molecule has 1 aromatic rings. The van der Waals surface area contributed by atoms with Crippen molar-refractivity contribution in [1.82, 2.24) is 9.21 Å². The second kappa shape index (κ2) is 7.89. The predicted octanol–water partition coefficient (Wildman–Crippen LogP) is 1.45. The minimum atomic E-state index is -3.53. The zero-order chi connectivity index (χ0) is 16.0. The van der Waals surface area contributed by atoms with Crippen LogP contribution in [0, 0.1) is 6.92 Å². The molecule has 6 heteroatoms. The van der Waals surface area contributed by atoms with Gasteiger partial charge >= 0.3 is 0 Å². The lowest BCUT2D eigenvalue weighted by Gasteiger charge is -2.24. The Morgan fingerprint density at radius 2 is 1.81 bits per heavy atom. The molecule has 0 aliphatic rings. The van der Waals surface area contributed by atoms with Crippen LogP contribution in [0.1, 0.15) is 24.5 Å². The molecule has 0 fully saturated rings. The fourth-order valence-corrected chi connectivity index (χ4v) is 3.95. The topological polar surface area (TPSA) is 60.9 Å². The van der Waals surface area contributed by atoms with E-state index in [0.29, 0.717) is 35.7 Å². The molecule has 0 bridgehead atoms. The van der Waals surface area contributed by atoms with Crippen molar-refractivity contribution in [2.75, 3.05) is 33.7 Å². The Kier molecular flexibility index (Phi) is 6.80. The second-order valence-corrected chi connectivity index (χ2v) is 7.31. The molecule has 1 N–H and O–H groups in total. The fraction of sp³-hybridized carbons (Fsp3) is 0.600. The van der Waals surface area contributed by atoms with Crippen LogP contribution in [-0.2, 0) is 16.6 Å². The van der Waals surface area contributed by atoms with E-state index >= 15 is 0 Å². The van der Waals surface area contributed by atoms with Crippen LogP contribution in [0.15, 0.2) is 23.1 Å². The summed E-state index contributed by atoms with van der Waals surface area (Å²) < 4.78 is 27.2. The van der Waals surface area contributed by atoms with E-state index in [4.69, 9.17) is 0 Å². The smallest absolute Gasteiger partial charge is 0.243 e. The van der Waals surface area contributed by atoms with E-state index < -0.39 is 10.0 Å². The zero-order valence-electron chi connectivity index (χ0n) is 13.3. The van der Waals surface area contributed by atoms with Crippen molar-refractivity contribution in [3.63, 3.8) is 0 Å². The number of hydrogen-bond acceptors (Lipinski definition) is 4. The van der Waals surface area contributed by atoms with Crippen molar-refractivity contribution in [3.8, 4) is 0 Å². The van der Waals surface area contributed by atoms with Crippen molar-refractivity contribution in [1.29, 1.82) is 0 Å². The van der Waals surface area contributed by atoms with Crippen LogP contribution in [0.2, 0.25) is 0 Å². The van der Waals surface area contributed by atoms with Gasteiger partial charge in [0.15, 0.2) is 0 Å². The largest absolute Gasteiger partial charge is 0.392 e. The maximum atomic E-state index is 12.8. The number of rotatable bonds is 8. The number of nitrogens with zero attached hydrogens (tertiary/aromatic N) is 2. The van der Waals surface area contributed by atoms with E-state index in [1.165, 1.54) is 4.31 Å². The summed E-state index contributed by atoms with van der Waals surface area (Å²) in [7, 11) is 0.323. The van der Waals surface area contributed by atoms with Crippen molar-refractivity contribution in [2.24, 2.45) is 0 Å². The monoisotopic (exact) mass is 314 g/mol. The summed E-state index contributed by atoms with van der Waals surface area (Å²) in [4.78, 5) is 2.26. The van der Waals surface area contributed by atoms with E-state index in [1.807, 2.05) is 25.9 Å². The lowest BCUT2D eigenvalue weighted by atomic mass is 10.1. The molecule has 0 saturated heterocycles. The predicted molar refractivity (Wildman–Crippen MR) is 84.7 cm³/mol. The molecule has 5 nitrogen and oxygen atoms in total. The van der Waals surface area contributed by atoms with Crippen LogP contribution in [0.5, 0.6) is 0 Å². The average Bonchev–Trinajstić information content (AvgIpc) is 2.43. The third kappa shape index (κ3) is 4.51. The normalized spacial score (nSPS) is 12.3. The molecule has 0 amide bonds. The van der Waals surface area contributed by atoms with Crippen LogP contribution >= 0.6 is 0 Å². The van der Waals surface area contributed by atoms with Gasteiger partial charge in [-0.15, -0.1) is 0 Å². The summed E-state index contributed by atoms with van der Waals surface area (Å²) in [6.07, 6.45) is 0.769. The first-order chi connectivity index (χ1) is 9.84. The van der Waals surface area contributed by atoms with E-state index in [0.717, 1.165) is 6.42 Å². The highest BCUT2D eigenvalue weighted by Gasteiger charge is 2.25. The summed E-state index contributed by atoms with van der Waals surface area (Å²) in [6, 6.07) is 5.04. The van der Waals surface area contributed by atoms with E-state index in [2.05, 4.69) is 0 Å². The van der Waals surface area contributed by atoms with Crippen molar-refractivity contribution < 1.29 is 13.5 Å². The maximum Gasteiger partial charge on any atom is 0.243 e. The third-order valence-corrected chi connectivity index (χ3v) is 5.50. The highest BCUT2D eigenvalue weighted by atomic mass is 32.2. The fourth-order valence-electron chi connectivity index (χ4n) is 2.16. The van der Waals surface area contributed by atoms with Crippen LogP contribution in [0.4, 0.5) is 0 Å². The molecule has 0 heterocycles. The lowest BCUT2D eigenvalue weighted by molar-refractivity contribution is 0.280. The summed E-state index contributed by atoms with van der Waals surface area (Å²) in [5.74, 6) is 0. The molecule has 0 aliphatic heterocycles. The van der Waals surface area contributed by atoms with Gasteiger partial charge in [-0.25, -0.2) is 8.42 Å². The van der Waals surface area contributed by atoms with Gasteiger partial charge in [-0.05, 0) is 44.6 Å². The number of aliphatic hydroxyl groups is 1. The molecular weight excluding hydrogens is 288 g/mol. The summed E-state index contributed by atoms with van der Waals surface area (Å²) in [6.45, 7) is 5.20. The van der Waals surface area contributed by atoms with Crippen molar-refractivity contribution in [2.45, 2.75) is 31.8 Å². The van der Waals surface area contributed by atoms with E-state index in [-0.39, 0.29) is 6.61 Å². The van der Waals surface area contributed by atoms with Crippen LogP contribution in [-0.4, -0.2) is 56.5 Å². The lowest BCUT2D eigenvalue weighted by Crippen LogP contribution is -2.37. The van der Waals surface area contributed by atoms with Gasteiger partial charge < -0.3 is 10.0 Å².